The number of aromatic nitrogens is 2. The second-order valence-electron chi connectivity index (χ2n) is 5.02. The zero-order valence-corrected chi connectivity index (χ0v) is 10.3. The van der Waals surface area contributed by atoms with Crippen LogP contribution in [0.25, 0.3) is 0 Å². The molecule has 3 heteroatoms. The van der Waals surface area contributed by atoms with Crippen LogP contribution in [0.3, 0.4) is 0 Å². The Kier molecular flexibility index (Phi) is 3.75. The van der Waals surface area contributed by atoms with Gasteiger partial charge in [-0.25, -0.2) is 9.97 Å². The van der Waals surface area contributed by atoms with Gasteiger partial charge in [0.05, 0.1) is 0 Å². The van der Waals surface area contributed by atoms with E-state index in [1.54, 1.807) is 0 Å². The van der Waals surface area contributed by atoms with Gasteiger partial charge in [0.25, 0.3) is 0 Å². The molecule has 1 aliphatic heterocycles. The van der Waals surface area contributed by atoms with Crippen molar-refractivity contribution in [3.8, 4) is 0 Å². The molecule has 1 aliphatic rings. The smallest absolute Gasteiger partial charge is 0.225 e. The first kappa shape index (κ1) is 11.4. The minimum absolute atomic E-state index is 0.748. The number of aryl methyl sites for hydroxylation is 1. The Balaban J connectivity index is 1.93. The first-order valence-electron chi connectivity index (χ1n) is 6.31. The standard InChI is InChI=1S/C13H21N3/c1-11(2)5-6-12-9-14-13(15-10-12)16-7-3-4-8-16/h9-11H,3-8H2,1-2H3. The van der Waals surface area contributed by atoms with Crippen LogP contribution in [0.1, 0.15) is 38.7 Å². The van der Waals surface area contributed by atoms with Gasteiger partial charge in [-0.1, -0.05) is 13.8 Å². The van der Waals surface area contributed by atoms with E-state index in [1.807, 2.05) is 12.4 Å². The quantitative estimate of drug-likeness (QED) is 0.779. The molecule has 0 N–H and O–H groups in total. The first-order valence-corrected chi connectivity index (χ1v) is 6.31. The molecular formula is C13H21N3. The average molecular weight is 219 g/mol. The zero-order chi connectivity index (χ0) is 11.4. The molecule has 0 bridgehead atoms. The summed E-state index contributed by atoms with van der Waals surface area (Å²) in [7, 11) is 0. The monoisotopic (exact) mass is 219 g/mol. The van der Waals surface area contributed by atoms with E-state index >= 15 is 0 Å². The summed E-state index contributed by atoms with van der Waals surface area (Å²) >= 11 is 0. The number of hydrogen-bond donors (Lipinski definition) is 0. The number of hydrogen-bond acceptors (Lipinski definition) is 3. The number of anilines is 1. The number of rotatable bonds is 4. The molecule has 1 saturated heterocycles. The molecule has 0 unspecified atom stereocenters. The summed E-state index contributed by atoms with van der Waals surface area (Å²) in [6.45, 7) is 6.73. The molecule has 88 valence electrons. The molecule has 16 heavy (non-hydrogen) atoms. The van der Waals surface area contributed by atoms with E-state index in [0.717, 1.165) is 31.4 Å². The van der Waals surface area contributed by atoms with Crippen LogP contribution in [0.5, 0.6) is 0 Å². The summed E-state index contributed by atoms with van der Waals surface area (Å²) in [6.07, 6.45) is 8.84. The van der Waals surface area contributed by atoms with Gasteiger partial charge >= 0.3 is 0 Å². The Labute approximate surface area is 97.9 Å². The summed E-state index contributed by atoms with van der Waals surface area (Å²) in [6, 6.07) is 0. The molecule has 0 saturated carbocycles. The van der Waals surface area contributed by atoms with E-state index in [9.17, 15) is 0 Å². The van der Waals surface area contributed by atoms with Crippen LogP contribution in [0, 0.1) is 5.92 Å². The molecule has 0 aliphatic carbocycles. The van der Waals surface area contributed by atoms with Crippen molar-refractivity contribution in [3.63, 3.8) is 0 Å². The fraction of sp³-hybridized carbons (Fsp3) is 0.692. The molecule has 0 spiro atoms. The molecule has 0 amide bonds. The maximum absolute atomic E-state index is 4.45. The summed E-state index contributed by atoms with van der Waals surface area (Å²) in [5, 5.41) is 0. The second-order valence-corrected chi connectivity index (χ2v) is 5.02. The van der Waals surface area contributed by atoms with Gasteiger partial charge in [-0.15, -0.1) is 0 Å². The Morgan fingerprint density at radius 3 is 2.38 bits per heavy atom. The van der Waals surface area contributed by atoms with E-state index in [-0.39, 0.29) is 0 Å². The molecule has 0 radical (unpaired) electrons. The highest BCUT2D eigenvalue weighted by Gasteiger charge is 2.14. The molecule has 2 heterocycles. The van der Waals surface area contributed by atoms with Crippen molar-refractivity contribution in [2.75, 3.05) is 18.0 Å². The molecule has 1 aromatic heterocycles. The van der Waals surface area contributed by atoms with Crippen LogP contribution in [0.4, 0.5) is 5.95 Å². The van der Waals surface area contributed by atoms with Crippen molar-refractivity contribution in [2.45, 2.75) is 39.5 Å². The minimum atomic E-state index is 0.748. The van der Waals surface area contributed by atoms with Gasteiger partial charge in [-0.2, -0.15) is 0 Å². The van der Waals surface area contributed by atoms with Gasteiger partial charge < -0.3 is 4.90 Å². The lowest BCUT2D eigenvalue weighted by Gasteiger charge is -2.14. The van der Waals surface area contributed by atoms with E-state index < -0.39 is 0 Å². The van der Waals surface area contributed by atoms with Crippen molar-refractivity contribution >= 4 is 5.95 Å². The van der Waals surface area contributed by atoms with Crippen LogP contribution >= 0.6 is 0 Å². The van der Waals surface area contributed by atoms with Gasteiger partial charge in [0.15, 0.2) is 0 Å². The molecule has 3 nitrogen and oxygen atoms in total. The Hall–Kier alpha value is -1.12. The van der Waals surface area contributed by atoms with Crippen LogP contribution in [0.2, 0.25) is 0 Å². The van der Waals surface area contributed by atoms with Crippen molar-refractivity contribution in [3.05, 3.63) is 18.0 Å². The van der Waals surface area contributed by atoms with Crippen molar-refractivity contribution in [2.24, 2.45) is 5.92 Å². The lowest BCUT2D eigenvalue weighted by atomic mass is 10.1. The fourth-order valence-electron chi connectivity index (χ4n) is 2.01. The molecule has 1 fully saturated rings. The van der Waals surface area contributed by atoms with Crippen LogP contribution in [-0.4, -0.2) is 23.1 Å². The predicted octanol–water partition coefficient (Wildman–Crippen LogP) is 2.67. The van der Waals surface area contributed by atoms with Crippen molar-refractivity contribution in [1.29, 1.82) is 0 Å². The largest absolute Gasteiger partial charge is 0.341 e. The Morgan fingerprint density at radius 2 is 1.81 bits per heavy atom. The third-order valence-electron chi connectivity index (χ3n) is 3.09. The summed E-state index contributed by atoms with van der Waals surface area (Å²) in [4.78, 5) is 11.2. The van der Waals surface area contributed by atoms with E-state index in [2.05, 4.69) is 28.7 Å². The van der Waals surface area contributed by atoms with E-state index in [1.165, 1.54) is 24.8 Å². The zero-order valence-electron chi connectivity index (χ0n) is 10.3. The van der Waals surface area contributed by atoms with Crippen molar-refractivity contribution in [1.82, 2.24) is 9.97 Å². The maximum Gasteiger partial charge on any atom is 0.225 e. The second kappa shape index (κ2) is 5.28. The van der Waals surface area contributed by atoms with Gasteiger partial charge in [-0.05, 0) is 37.2 Å². The summed E-state index contributed by atoms with van der Waals surface area (Å²) in [5.41, 5.74) is 1.26. The van der Waals surface area contributed by atoms with Crippen LogP contribution in [-0.2, 0) is 6.42 Å². The molecule has 2 rings (SSSR count). The van der Waals surface area contributed by atoms with E-state index in [4.69, 9.17) is 0 Å². The minimum Gasteiger partial charge on any atom is -0.341 e. The van der Waals surface area contributed by atoms with Gasteiger partial charge in [0.1, 0.15) is 0 Å². The summed E-state index contributed by atoms with van der Waals surface area (Å²) in [5.74, 6) is 1.66. The third kappa shape index (κ3) is 2.94. The molecule has 0 atom stereocenters. The summed E-state index contributed by atoms with van der Waals surface area (Å²) < 4.78 is 0. The Bertz CT molecular complexity index is 312. The van der Waals surface area contributed by atoms with E-state index in [0.29, 0.717) is 0 Å². The normalized spacial score (nSPS) is 16.1. The van der Waals surface area contributed by atoms with Gasteiger partial charge in [0, 0.05) is 25.5 Å². The third-order valence-corrected chi connectivity index (χ3v) is 3.09. The topological polar surface area (TPSA) is 29.0 Å². The lowest BCUT2D eigenvalue weighted by Crippen LogP contribution is -2.20. The highest BCUT2D eigenvalue weighted by molar-refractivity contribution is 5.30. The Morgan fingerprint density at radius 1 is 1.19 bits per heavy atom. The van der Waals surface area contributed by atoms with Gasteiger partial charge in [-0.3, -0.25) is 0 Å². The molecule has 1 aromatic rings. The van der Waals surface area contributed by atoms with Crippen molar-refractivity contribution < 1.29 is 0 Å². The fourth-order valence-corrected chi connectivity index (χ4v) is 2.01. The lowest BCUT2D eigenvalue weighted by molar-refractivity contribution is 0.585. The highest BCUT2D eigenvalue weighted by atomic mass is 15.3. The predicted molar refractivity (Wildman–Crippen MR) is 66.6 cm³/mol. The molecular weight excluding hydrogens is 198 g/mol. The average Bonchev–Trinajstić information content (AvgIpc) is 2.80. The number of nitrogens with zero attached hydrogens (tertiary/aromatic N) is 3. The van der Waals surface area contributed by atoms with Crippen LogP contribution < -0.4 is 4.90 Å². The van der Waals surface area contributed by atoms with Crippen LogP contribution in [0.15, 0.2) is 12.4 Å². The maximum atomic E-state index is 4.45. The highest BCUT2D eigenvalue weighted by Crippen LogP contribution is 2.15. The molecule has 0 aromatic carbocycles. The SMILES string of the molecule is CC(C)CCc1cnc(N2CCCC2)nc1. The first-order chi connectivity index (χ1) is 7.75. The van der Waals surface area contributed by atoms with Gasteiger partial charge in [0.2, 0.25) is 5.95 Å².